The minimum absolute atomic E-state index is 0.262. The van der Waals surface area contributed by atoms with Crippen molar-refractivity contribution in [2.75, 3.05) is 11.9 Å². The molecule has 0 bridgehead atoms. The molecule has 0 saturated heterocycles. The van der Waals surface area contributed by atoms with E-state index >= 15 is 0 Å². The molecule has 0 saturated carbocycles. The summed E-state index contributed by atoms with van der Waals surface area (Å²) in [5, 5.41) is 3.05. The molecular formula is C21H22ClNO4. The van der Waals surface area contributed by atoms with Crippen LogP contribution >= 0.6 is 11.6 Å². The summed E-state index contributed by atoms with van der Waals surface area (Å²) in [5.41, 5.74) is 1.45. The summed E-state index contributed by atoms with van der Waals surface area (Å²) < 4.78 is 11.0. The molecule has 1 heterocycles. The van der Waals surface area contributed by atoms with E-state index in [2.05, 4.69) is 5.32 Å². The SMILES string of the molecule is CC(C)(C)OC(=O)Nc1ccc(Cl)cc1C(=O)c1cccc2c1OCCC2. The van der Waals surface area contributed by atoms with Crippen LogP contribution in [0.25, 0.3) is 0 Å². The van der Waals surface area contributed by atoms with Crippen LogP contribution in [0.5, 0.6) is 5.75 Å². The molecule has 0 spiro atoms. The smallest absolute Gasteiger partial charge is 0.412 e. The molecule has 1 aliphatic heterocycles. The molecule has 6 heteroatoms. The maximum absolute atomic E-state index is 13.2. The van der Waals surface area contributed by atoms with Crippen LogP contribution in [0.15, 0.2) is 36.4 Å². The van der Waals surface area contributed by atoms with Crippen LogP contribution in [0.3, 0.4) is 0 Å². The van der Waals surface area contributed by atoms with Gasteiger partial charge in [0.05, 0.1) is 17.9 Å². The summed E-state index contributed by atoms with van der Waals surface area (Å²) in [5.74, 6) is 0.347. The molecule has 0 unspecified atom stereocenters. The zero-order chi connectivity index (χ0) is 19.6. The van der Waals surface area contributed by atoms with Crippen molar-refractivity contribution >= 4 is 29.2 Å². The molecule has 0 atom stereocenters. The highest BCUT2D eigenvalue weighted by molar-refractivity contribution is 6.31. The second kappa shape index (κ2) is 7.61. The van der Waals surface area contributed by atoms with Gasteiger partial charge in [-0.05, 0) is 63.4 Å². The summed E-state index contributed by atoms with van der Waals surface area (Å²) in [6.07, 6.45) is 1.16. The minimum atomic E-state index is -0.646. The Balaban J connectivity index is 1.96. The van der Waals surface area contributed by atoms with E-state index in [1.54, 1.807) is 45.0 Å². The first-order valence-corrected chi connectivity index (χ1v) is 9.21. The van der Waals surface area contributed by atoms with Crippen molar-refractivity contribution in [2.45, 2.75) is 39.2 Å². The van der Waals surface area contributed by atoms with Gasteiger partial charge < -0.3 is 9.47 Å². The second-order valence-corrected chi connectivity index (χ2v) is 7.83. The van der Waals surface area contributed by atoms with Crippen molar-refractivity contribution in [2.24, 2.45) is 0 Å². The van der Waals surface area contributed by atoms with Crippen molar-refractivity contribution < 1.29 is 19.1 Å². The van der Waals surface area contributed by atoms with Crippen LogP contribution < -0.4 is 10.1 Å². The van der Waals surface area contributed by atoms with E-state index in [9.17, 15) is 9.59 Å². The van der Waals surface area contributed by atoms with Gasteiger partial charge >= 0.3 is 6.09 Å². The van der Waals surface area contributed by atoms with E-state index in [1.807, 2.05) is 12.1 Å². The average molecular weight is 388 g/mol. The van der Waals surface area contributed by atoms with Gasteiger partial charge in [-0.15, -0.1) is 0 Å². The molecule has 142 valence electrons. The summed E-state index contributed by atoms with van der Waals surface area (Å²) >= 11 is 6.11. The van der Waals surface area contributed by atoms with Gasteiger partial charge in [-0.25, -0.2) is 4.79 Å². The Morgan fingerprint density at radius 2 is 1.93 bits per heavy atom. The van der Waals surface area contributed by atoms with Crippen molar-refractivity contribution in [3.8, 4) is 5.75 Å². The molecule has 1 aliphatic rings. The highest BCUT2D eigenvalue weighted by Crippen LogP contribution is 2.33. The molecule has 1 N–H and O–H groups in total. The van der Waals surface area contributed by atoms with Gasteiger partial charge in [0.1, 0.15) is 11.4 Å². The molecule has 2 aromatic carbocycles. The zero-order valence-electron chi connectivity index (χ0n) is 15.6. The van der Waals surface area contributed by atoms with E-state index in [-0.39, 0.29) is 11.3 Å². The number of aryl methyl sites for hydroxylation is 1. The summed E-state index contributed by atoms with van der Waals surface area (Å²) in [6, 6.07) is 10.3. The van der Waals surface area contributed by atoms with E-state index in [0.717, 1.165) is 18.4 Å². The monoisotopic (exact) mass is 387 g/mol. The zero-order valence-corrected chi connectivity index (χ0v) is 16.4. The third-order valence-electron chi connectivity index (χ3n) is 4.04. The lowest BCUT2D eigenvalue weighted by Gasteiger charge is -2.21. The first-order valence-electron chi connectivity index (χ1n) is 8.83. The maximum Gasteiger partial charge on any atom is 0.412 e. The predicted molar refractivity (Wildman–Crippen MR) is 105 cm³/mol. The molecule has 5 nitrogen and oxygen atoms in total. The van der Waals surface area contributed by atoms with Crippen molar-refractivity contribution in [1.29, 1.82) is 0 Å². The Bertz CT molecular complexity index is 886. The Morgan fingerprint density at radius 1 is 1.15 bits per heavy atom. The summed E-state index contributed by atoms with van der Waals surface area (Å²) in [4.78, 5) is 25.4. The van der Waals surface area contributed by atoms with Gasteiger partial charge in [0.15, 0.2) is 5.78 Å². The third-order valence-corrected chi connectivity index (χ3v) is 4.28. The number of hydrogen-bond acceptors (Lipinski definition) is 4. The van der Waals surface area contributed by atoms with E-state index in [4.69, 9.17) is 21.1 Å². The van der Waals surface area contributed by atoms with Gasteiger partial charge in [0, 0.05) is 10.6 Å². The Kier molecular flexibility index (Phi) is 5.42. The lowest BCUT2D eigenvalue weighted by molar-refractivity contribution is 0.0636. The number of carbonyl (C=O) groups excluding carboxylic acids is 2. The first-order chi connectivity index (χ1) is 12.7. The number of benzene rings is 2. The highest BCUT2D eigenvalue weighted by Gasteiger charge is 2.24. The van der Waals surface area contributed by atoms with Gasteiger partial charge in [-0.1, -0.05) is 23.7 Å². The molecule has 3 rings (SSSR count). The number of halogens is 1. The largest absolute Gasteiger partial charge is 0.493 e. The number of hydrogen-bond donors (Lipinski definition) is 1. The number of carbonyl (C=O) groups is 2. The van der Waals surface area contributed by atoms with Crippen molar-refractivity contribution in [3.63, 3.8) is 0 Å². The van der Waals surface area contributed by atoms with Crippen LogP contribution in [0.2, 0.25) is 5.02 Å². The second-order valence-electron chi connectivity index (χ2n) is 7.39. The van der Waals surface area contributed by atoms with Crippen LogP contribution in [0, 0.1) is 0 Å². The van der Waals surface area contributed by atoms with Gasteiger partial charge in [0.2, 0.25) is 0 Å². The predicted octanol–water partition coefficient (Wildman–Crippen LogP) is 5.24. The number of nitrogens with one attached hydrogen (secondary N) is 1. The third kappa shape index (κ3) is 4.61. The number of ether oxygens (including phenoxy) is 2. The molecule has 0 aliphatic carbocycles. The van der Waals surface area contributed by atoms with E-state index in [1.165, 1.54) is 0 Å². The molecular weight excluding hydrogens is 366 g/mol. The Labute approximate surface area is 163 Å². The van der Waals surface area contributed by atoms with Gasteiger partial charge in [0.25, 0.3) is 0 Å². The number of amides is 1. The quantitative estimate of drug-likeness (QED) is 0.731. The lowest BCUT2D eigenvalue weighted by Crippen LogP contribution is -2.27. The van der Waals surface area contributed by atoms with Crippen LogP contribution in [0.1, 0.15) is 48.7 Å². The number of anilines is 1. The molecule has 0 radical (unpaired) electrons. The Hall–Kier alpha value is -2.53. The fourth-order valence-electron chi connectivity index (χ4n) is 2.94. The number of fused-ring (bicyclic) bond motifs is 1. The van der Waals surface area contributed by atoms with Crippen LogP contribution in [-0.4, -0.2) is 24.1 Å². The van der Waals surface area contributed by atoms with E-state index in [0.29, 0.717) is 28.6 Å². The standard InChI is InChI=1S/C21H22ClNO4/c1-21(2,3)27-20(25)23-17-10-9-14(22)12-16(17)18(24)15-8-4-6-13-7-5-11-26-19(13)15/h4,6,8-10,12H,5,7,11H2,1-3H3,(H,23,25). The number of para-hydroxylation sites is 1. The summed E-state index contributed by atoms with van der Waals surface area (Å²) in [6.45, 7) is 5.89. The lowest BCUT2D eigenvalue weighted by atomic mass is 9.96. The molecule has 27 heavy (non-hydrogen) atoms. The molecule has 1 amide bonds. The molecule has 0 fully saturated rings. The van der Waals surface area contributed by atoms with Crippen molar-refractivity contribution in [1.82, 2.24) is 0 Å². The minimum Gasteiger partial charge on any atom is -0.493 e. The Morgan fingerprint density at radius 3 is 2.67 bits per heavy atom. The topological polar surface area (TPSA) is 64.6 Å². The van der Waals surface area contributed by atoms with Gasteiger partial charge in [-0.2, -0.15) is 0 Å². The average Bonchev–Trinajstić information content (AvgIpc) is 2.60. The fraction of sp³-hybridized carbons (Fsp3) is 0.333. The van der Waals surface area contributed by atoms with Gasteiger partial charge in [-0.3, -0.25) is 10.1 Å². The van der Waals surface area contributed by atoms with E-state index < -0.39 is 11.7 Å². The van der Waals surface area contributed by atoms with Crippen LogP contribution in [0.4, 0.5) is 10.5 Å². The molecule has 2 aromatic rings. The number of rotatable bonds is 3. The maximum atomic E-state index is 13.2. The van der Waals surface area contributed by atoms with Crippen LogP contribution in [-0.2, 0) is 11.2 Å². The fourth-order valence-corrected chi connectivity index (χ4v) is 3.11. The highest BCUT2D eigenvalue weighted by atomic mass is 35.5. The summed E-state index contributed by atoms with van der Waals surface area (Å²) in [7, 11) is 0. The first kappa shape index (κ1) is 19.2. The molecule has 0 aromatic heterocycles. The number of ketones is 1. The van der Waals surface area contributed by atoms with Crippen molar-refractivity contribution in [3.05, 3.63) is 58.1 Å². The normalized spacial score (nSPS) is 13.3.